The summed E-state index contributed by atoms with van der Waals surface area (Å²) in [7, 11) is 1.27. The van der Waals surface area contributed by atoms with Gasteiger partial charge in [0.2, 0.25) is 5.91 Å². The van der Waals surface area contributed by atoms with Gasteiger partial charge in [-0.2, -0.15) is 0 Å². The third-order valence-corrected chi connectivity index (χ3v) is 6.20. The second-order valence-electron chi connectivity index (χ2n) is 6.34. The number of methoxy groups -OCH3 is 1. The number of allylic oxidation sites excluding steroid dienone is 1. The van der Waals surface area contributed by atoms with Gasteiger partial charge in [-0.1, -0.05) is 36.9 Å². The Morgan fingerprint density at radius 2 is 2.06 bits per heavy atom. The Hall–Kier alpha value is -2.98. The average molecular weight is 461 g/mol. The van der Waals surface area contributed by atoms with Gasteiger partial charge in [0.1, 0.15) is 22.2 Å². The molecule has 1 N–H and O–H groups in total. The van der Waals surface area contributed by atoms with Crippen LogP contribution in [0.4, 0.5) is 9.39 Å². The molecule has 2 aromatic heterocycles. The minimum atomic E-state index is -0.582. The van der Waals surface area contributed by atoms with Crippen molar-refractivity contribution in [3.8, 4) is 11.1 Å². The number of aromatic nitrogens is 3. The second kappa shape index (κ2) is 10.4. The topological polar surface area (TPSA) is 86.1 Å². The quantitative estimate of drug-likeness (QED) is 0.289. The molecule has 31 heavy (non-hydrogen) atoms. The molecule has 0 fully saturated rings. The molecular formula is C21H21FN4O3S2. The zero-order valence-corrected chi connectivity index (χ0v) is 18.7. The number of benzene rings is 1. The van der Waals surface area contributed by atoms with Crippen molar-refractivity contribution in [2.24, 2.45) is 0 Å². The molecule has 0 aliphatic rings. The van der Waals surface area contributed by atoms with E-state index in [9.17, 15) is 14.0 Å². The van der Waals surface area contributed by atoms with Gasteiger partial charge in [-0.3, -0.25) is 4.79 Å². The fraction of sp³-hybridized carbons (Fsp3) is 0.238. The Morgan fingerprint density at radius 1 is 1.32 bits per heavy atom. The number of hydrogen-bond donors (Lipinski definition) is 1. The SMILES string of the molecule is C=CCn1c(CC)nnc1SCC(=O)Nc1scc(-c2ccc(F)cc2)c1C(=O)OC. The molecule has 3 aromatic rings. The Bertz CT molecular complexity index is 1090. The predicted octanol–water partition coefficient (Wildman–Crippen LogP) is 4.41. The largest absolute Gasteiger partial charge is 0.465 e. The second-order valence-corrected chi connectivity index (χ2v) is 8.16. The van der Waals surface area contributed by atoms with E-state index >= 15 is 0 Å². The number of thioether (sulfide) groups is 1. The maximum Gasteiger partial charge on any atom is 0.341 e. The van der Waals surface area contributed by atoms with Crippen molar-refractivity contribution in [1.82, 2.24) is 14.8 Å². The van der Waals surface area contributed by atoms with Crippen LogP contribution in [0.1, 0.15) is 23.1 Å². The van der Waals surface area contributed by atoms with Crippen LogP contribution in [0.25, 0.3) is 11.1 Å². The van der Waals surface area contributed by atoms with Gasteiger partial charge in [-0.05, 0) is 17.7 Å². The van der Waals surface area contributed by atoms with E-state index < -0.39 is 5.97 Å². The molecule has 162 valence electrons. The highest BCUT2D eigenvalue weighted by Crippen LogP contribution is 2.36. The van der Waals surface area contributed by atoms with E-state index in [2.05, 4.69) is 22.1 Å². The zero-order chi connectivity index (χ0) is 22.4. The van der Waals surface area contributed by atoms with Crippen molar-refractivity contribution in [3.05, 3.63) is 59.5 Å². The minimum Gasteiger partial charge on any atom is -0.465 e. The first-order valence-corrected chi connectivity index (χ1v) is 11.3. The molecule has 0 atom stereocenters. The Labute approximate surface area is 187 Å². The van der Waals surface area contributed by atoms with Gasteiger partial charge in [0.25, 0.3) is 0 Å². The zero-order valence-electron chi connectivity index (χ0n) is 17.1. The predicted molar refractivity (Wildman–Crippen MR) is 120 cm³/mol. The maximum absolute atomic E-state index is 13.3. The summed E-state index contributed by atoms with van der Waals surface area (Å²) in [5.41, 5.74) is 1.45. The summed E-state index contributed by atoms with van der Waals surface area (Å²) in [4.78, 5) is 25.0. The van der Waals surface area contributed by atoms with Gasteiger partial charge >= 0.3 is 5.97 Å². The summed E-state index contributed by atoms with van der Waals surface area (Å²) in [5.74, 6) is -0.350. The molecule has 0 bridgehead atoms. The highest BCUT2D eigenvalue weighted by Gasteiger charge is 2.23. The molecule has 0 saturated carbocycles. The number of nitrogens with one attached hydrogen (secondary N) is 1. The number of thiophene rings is 1. The smallest absolute Gasteiger partial charge is 0.341 e. The highest BCUT2D eigenvalue weighted by molar-refractivity contribution is 7.99. The molecule has 0 spiro atoms. The van der Waals surface area contributed by atoms with E-state index in [1.807, 2.05) is 11.5 Å². The van der Waals surface area contributed by atoms with Crippen LogP contribution in [0, 0.1) is 5.82 Å². The number of carbonyl (C=O) groups is 2. The van der Waals surface area contributed by atoms with Gasteiger partial charge < -0.3 is 14.6 Å². The van der Waals surface area contributed by atoms with Crippen molar-refractivity contribution in [2.75, 3.05) is 18.2 Å². The monoisotopic (exact) mass is 460 g/mol. The Kier molecular flexibility index (Phi) is 7.59. The molecule has 7 nitrogen and oxygen atoms in total. The van der Waals surface area contributed by atoms with Gasteiger partial charge in [0.15, 0.2) is 5.16 Å². The molecule has 0 aliphatic heterocycles. The maximum atomic E-state index is 13.3. The summed E-state index contributed by atoms with van der Waals surface area (Å²) in [6.45, 7) is 6.28. The van der Waals surface area contributed by atoms with Crippen molar-refractivity contribution < 1.29 is 18.7 Å². The molecule has 10 heteroatoms. The van der Waals surface area contributed by atoms with Crippen LogP contribution in [0.2, 0.25) is 0 Å². The number of rotatable bonds is 9. The molecule has 1 amide bonds. The Morgan fingerprint density at radius 3 is 2.71 bits per heavy atom. The van der Waals surface area contributed by atoms with Crippen molar-refractivity contribution >= 4 is 40.0 Å². The molecule has 0 unspecified atom stereocenters. The molecule has 2 heterocycles. The number of nitrogens with zero attached hydrogens (tertiary/aromatic N) is 3. The van der Waals surface area contributed by atoms with Crippen molar-refractivity contribution in [1.29, 1.82) is 0 Å². The lowest BCUT2D eigenvalue weighted by molar-refractivity contribution is -0.113. The number of ether oxygens (including phenoxy) is 1. The number of hydrogen-bond acceptors (Lipinski definition) is 7. The lowest BCUT2D eigenvalue weighted by Gasteiger charge is -2.08. The first kappa shape index (κ1) is 22.7. The number of halogens is 1. The molecular weight excluding hydrogens is 439 g/mol. The summed E-state index contributed by atoms with van der Waals surface area (Å²) in [6.07, 6.45) is 2.47. The highest BCUT2D eigenvalue weighted by atomic mass is 32.2. The summed E-state index contributed by atoms with van der Waals surface area (Å²) in [5, 5.41) is 13.8. The van der Waals surface area contributed by atoms with E-state index in [4.69, 9.17) is 4.74 Å². The van der Waals surface area contributed by atoms with Crippen LogP contribution in [-0.4, -0.2) is 39.5 Å². The van der Waals surface area contributed by atoms with Crippen LogP contribution in [0.5, 0.6) is 0 Å². The van der Waals surface area contributed by atoms with Crippen molar-refractivity contribution in [3.63, 3.8) is 0 Å². The van der Waals surface area contributed by atoms with Gasteiger partial charge in [0.05, 0.1) is 12.9 Å². The fourth-order valence-electron chi connectivity index (χ4n) is 2.89. The lowest BCUT2D eigenvalue weighted by Crippen LogP contribution is -2.16. The van der Waals surface area contributed by atoms with E-state index in [-0.39, 0.29) is 23.0 Å². The van der Waals surface area contributed by atoms with E-state index in [0.29, 0.717) is 27.8 Å². The average Bonchev–Trinajstić information content (AvgIpc) is 3.36. The normalized spacial score (nSPS) is 10.7. The Balaban J connectivity index is 1.77. The van der Waals surface area contributed by atoms with Crippen LogP contribution >= 0.6 is 23.1 Å². The molecule has 3 rings (SSSR count). The summed E-state index contributed by atoms with van der Waals surface area (Å²) in [6, 6.07) is 5.77. The summed E-state index contributed by atoms with van der Waals surface area (Å²) < 4.78 is 20.1. The number of amides is 1. The first-order valence-electron chi connectivity index (χ1n) is 9.39. The molecule has 1 aromatic carbocycles. The molecule has 0 aliphatic carbocycles. The van der Waals surface area contributed by atoms with Crippen LogP contribution in [0.15, 0.2) is 47.5 Å². The third kappa shape index (κ3) is 5.20. The molecule has 0 saturated heterocycles. The number of carbonyl (C=O) groups excluding carboxylic acids is 2. The summed E-state index contributed by atoms with van der Waals surface area (Å²) >= 11 is 2.46. The van der Waals surface area contributed by atoms with E-state index in [0.717, 1.165) is 12.2 Å². The van der Waals surface area contributed by atoms with Crippen LogP contribution in [0.3, 0.4) is 0 Å². The van der Waals surface area contributed by atoms with Gasteiger partial charge in [-0.25, -0.2) is 9.18 Å². The standard InChI is InChI=1S/C21H21FN4O3S2/c1-4-10-26-16(5-2)24-25-21(26)31-12-17(27)23-19-18(20(28)29-3)15(11-30-19)13-6-8-14(22)9-7-13/h4,6-9,11H,1,5,10,12H2,2-3H3,(H,23,27). The number of anilines is 1. The first-order chi connectivity index (χ1) is 15.0. The lowest BCUT2D eigenvalue weighted by atomic mass is 10.0. The van der Waals surface area contributed by atoms with Crippen LogP contribution < -0.4 is 5.32 Å². The van der Waals surface area contributed by atoms with E-state index in [1.54, 1.807) is 23.6 Å². The number of esters is 1. The minimum absolute atomic E-state index is 0.0867. The third-order valence-electron chi connectivity index (χ3n) is 4.34. The van der Waals surface area contributed by atoms with Gasteiger partial charge in [0, 0.05) is 23.9 Å². The molecule has 0 radical (unpaired) electrons. The van der Waals surface area contributed by atoms with Gasteiger partial charge in [-0.15, -0.1) is 28.1 Å². The number of aryl methyl sites for hydroxylation is 1. The van der Waals surface area contributed by atoms with Crippen LogP contribution in [-0.2, 0) is 22.5 Å². The van der Waals surface area contributed by atoms with E-state index in [1.165, 1.54) is 42.3 Å². The van der Waals surface area contributed by atoms with Crippen molar-refractivity contribution in [2.45, 2.75) is 25.0 Å². The fourth-order valence-corrected chi connectivity index (χ4v) is 4.63.